The van der Waals surface area contributed by atoms with E-state index in [1.165, 1.54) is 0 Å². The number of ether oxygens (including phenoxy) is 1. The van der Waals surface area contributed by atoms with Gasteiger partial charge in [-0.15, -0.1) is 0 Å². The lowest BCUT2D eigenvalue weighted by Crippen LogP contribution is -2.24. The van der Waals surface area contributed by atoms with Crippen LogP contribution in [0, 0.1) is 0 Å². The van der Waals surface area contributed by atoms with Gasteiger partial charge in [0.2, 0.25) is 0 Å². The largest absolute Gasteiger partial charge is 0.497 e. The molecule has 0 aliphatic heterocycles. The maximum Gasteiger partial charge on any atom is 0.272 e. The minimum absolute atomic E-state index is 0.200. The lowest BCUT2D eigenvalue weighted by atomic mass is 9.76. The minimum atomic E-state index is -0.200. The number of nitrogens with zero attached hydrogens (tertiary/aromatic N) is 1. The molecule has 0 aliphatic carbocycles. The third-order valence-electron chi connectivity index (χ3n) is 2.30. The van der Waals surface area contributed by atoms with Gasteiger partial charge in [-0.25, -0.2) is 5.10 Å². The highest BCUT2D eigenvalue weighted by Gasteiger charge is 2.05. The number of methoxy groups -OCH3 is 1. The molecule has 0 unspecified atom stereocenters. The van der Waals surface area contributed by atoms with Crippen LogP contribution in [0.2, 0.25) is 6.82 Å². The predicted octanol–water partition coefficient (Wildman–Crippen LogP) is 0.309. The second-order valence-corrected chi connectivity index (χ2v) is 3.14. The Morgan fingerprint density at radius 2 is 2.20 bits per heavy atom. The van der Waals surface area contributed by atoms with E-state index in [9.17, 15) is 4.79 Å². The van der Waals surface area contributed by atoms with E-state index in [4.69, 9.17) is 4.74 Å². The van der Waals surface area contributed by atoms with Crippen molar-refractivity contribution in [1.29, 1.82) is 0 Å². The molecule has 1 aromatic heterocycles. The van der Waals surface area contributed by atoms with Crippen molar-refractivity contribution in [1.82, 2.24) is 10.2 Å². The van der Waals surface area contributed by atoms with E-state index in [0.717, 1.165) is 11.0 Å². The fourth-order valence-corrected chi connectivity index (χ4v) is 1.51. The Balaban J connectivity index is 2.81. The van der Waals surface area contributed by atoms with Gasteiger partial charge in [0.15, 0.2) is 7.28 Å². The average molecular weight is 201 g/mol. The molecule has 1 heterocycles. The van der Waals surface area contributed by atoms with E-state index in [1.54, 1.807) is 13.2 Å². The zero-order chi connectivity index (χ0) is 10.8. The molecular formula is C10H10BN2O2. The number of rotatable bonds is 2. The van der Waals surface area contributed by atoms with Crippen molar-refractivity contribution in [3.8, 4) is 5.75 Å². The van der Waals surface area contributed by atoms with Crippen LogP contribution in [-0.4, -0.2) is 24.6 Å². The molecule has 0 atom stereocenters. The second-order valence-electron chi connectivity index (χ2n) is 3.14. The van der Waals surface area contributed by atoms with Gasteiger partial charge in [0, 0.05) is 11.0 Å². The molecule has 75 valence electrons. The van der Waals surface area contributed by atoms with E-state index in [-0.39, 0.29) is 5.56 Å². The van der Waals surface area contributed by atoms with Crippen molar-refractivity contribution < 1.29 is 4.74 Å². The summed E-state index contributed by atoms with van der Waals surface area (Å²) in [5, 5.41) is 7.83. The van der Waals surface area contributed by atoms with Crippen molar-refractivity contribution in [3.05, 3.63) is 28.6 Å². The molecule has 0 aliphatic rings. The van der Waals surface area contributed by atoms with Crippen molar-refractivity contribution in [2.24, 2.45) is 0 Å². The zero-order valence-corrected chi connectivity index (χ0v) is 8.57. The molecular weight excluding hydrogens is 191 g/mol. The molecule has 4 nitrogen and oxygen atoms in total. The van der Waals surface area contributed by atoms with Crippen molar-refractivity contribution in [3.63, 3.8) is 0 Å². The van der Waals surface area contributed by atoms with Gasteiger partial charge >= 0.3 is 0 Å². The zero-order valence-electron chi connectivity index (χ0n) is 8.57. The summed E-state index contributed by atoms with van der Waals surface area (Å²) in [5.41, 5.74) is 0.571. The summed E-state index contributed by atoms with van der Waals surface area (Å²) >= 11 is 0. The predicted molar refractivity (Wildman–Crippen MR) is 60.2 cm³/mol. The Labute approximate surface area is 87.5 Å². The summed E-state index contributed by atoms with van der Waals surface area (Å²) in [6.07, 6.45) is 0. The molecule has 1 aromatic carbocycles. The monoisotopic (exact) mass is 201 g/mol. The first-order valence-electron chi connectivity index (χ1n) is 4.62. The van der Waals surface area contributed by atoms with Gasteiger partial charge in [-0.1, -0.05) is 6.82 Å². The Morgan fingerprint density at radius 1 is 1.40 bits per heavy atom. The fourth-order valence-electron chi connectivity index (χ4n) is 1.51. The minimum Gasteiger partial charge on any atom is -0.497 e. The lowest BCUT2D eigenvalue weighted by Gasteiger charge is -2.04. The molecule has 0 fully saturated rings. The Morgan fingerprint density at radius 3 is 2.87 bits per heavy atom. The summed E-state index contributed by atoms with van der Waals surface area (Å²) in [4.78, 5) is 11.5. The van der Waals surface area contributed by atoms with Crippen LogP contribution in [0.5, 0.6) is 5.75 Å². The lowest BCUT2D eigenvalue weighted by molar-refractivity contribution is 0.415. The molecule has 0 saturated heterocycles. The molecule has 0 spiro atoms. The molecule has 1 radical (unpaired) electrons. The topological polar surface area (TPSA) is 55.0 Å². The highest BCUT2D eigenvalue weighted by atomic mass is 16.5. The molecule has 0 saturated carbocycles. The van der Waals surface area contributed by atoms with E-state index >= 15 is 0 Å². The number of H-pyrrole nitrogens is 1. The van der Waals surface area contributed by atoms with Crippen molar-refractivity contribution in [2.75, 3.05) is 7.11 Å². The number of hydrogen-bond donors (Lipinski definition) is 1. The highest BCUT2D eigenvalue weighted by molar-refractivity contribution is 6.54. The normalized spacial score (nSPS) is 10.3. The van der Waals surface area contributed by atoms with Crippen LogP contribution < -0.4 is 15.9 Å². The smallest absolute Gasteiger partial charge is 0.272 e. The van der Waals surface area contributed by atoms with Crippen LogP contribution in [-0.2, 0) is 0 Å². The second kappa shape index (κ2) is 3.77. The standard InChI is InChI=1S/C10H10BN2O2/c1-11-9-7-4-3-6(15-2)5-8(7)10(14)13-12-9/h3-5H,1-2H3,(H,13,14). The SMILES string of the molecule is C[B]c1n[nH]c(=O)c2cc(OC)ccc12. The van der Waals surface area contributed by atoms with Gasteiger partial charge in [-0.3, -0.25) is 4.79 Å². The van der Waals surface area contributed by atoms with Crippen molar-refractivity contribution >= 4 is 23.6 Å². The third kappa shape index (κ3) is 1.60. The molecule has 1 N–H and O–H groups in total. The number of benzene rings is 1. The van der Waals surface area contributed by atoms with Gasteiger partial charge in [-0.2, -0.15) is 5.10 Å². The van der Waals surface area contributed by atoms with Gasteiger partial charge in [0.25, 0.3) is 5.56 Å². The number of aromatic nitrogens is 2. The fraction of sp³-hybridized carbons (Fsp3) is 0.200. The first-order valence-corrected chi connectivity index (χ1v) is 4.62. The summed E-state index contributed by atoms with van der Waals surface area (Å²) in [5.74, 6) is 0.668. The van der Waals surface area contributed by atoms with Crippen LogP contribution in [0.4, 0.5) is 0 Å². The summed E-state index contributed by atoms with van der Waals surface area (Å²) < 4.78 is 5.07. The van der Waals surface area contributed by atoms with E-state index in [0.29, 0.717) is 11.1 Å². The Bertz CT molecular complexity index is 551. The van der Waals surface area contributed by atoms with Gasteiger partial charge < -0.3 is 4.74 Å². The molecule has 2 aromatic rings. The number of fused-ring (bicyclic) bond motifs is 1. The Hall–Kier alpha value is -1.78. The summed E-state index contributed by atoms with van der Waals surface area (Å²) in [6.45, 7) is 1.88. The van der Waals surface area contributed by atoms with Crippen LogP contribution in [0.15, 0.2) is 23.0 Å². The quantitative estimate of drug-likeness (QED) is 0.711. The number of aromatic amines is 1. The van der Waals surface area contributed by atoms with Gasteiger partial charge in [0.05, 0.1) is 12.5 Å². The third-order valence-corrected chi connectivity index (χ3v) is 2.30. The van der Waals surface area contributed by atoms with E-state index in [2.05, 4.69) is 10.2 Å². The molecule has 5 heteroatoms. The van der Waals surface area contributed by atoms with Crippen LogP contribution in [0.25, 0.3) is 10.8 Å². The maximum absolute atomic E-state index is 11.5. The Kier molecular flexibility index (Phi) is 2.45. The summed E-state index contributed by atoms with van der Waals surface area (Å²) in [6, 6.07) is 5.37. The molecule has 0 bridgehead atoms. The summed E-state index contributed by atoms with van der Waals surface area (Å²) in [7, 11) is 3.42. The van der Waals surface area contributed by atoms with Gasteiger partial charge in [-0.05, 0) is 18.2 Å². The van der Waals surface area contributed by atoms with Crippen LogP contribution in [0.3, 0.4) is 0 Å². The highest BCUT2D eigenvalue weighted by Crippen LogP contribution is 2.15. The van der Waals surface area contributed by atoms with Crippen LogP contribution >= 0.6 is 0 Å². The molecule has 0 amide bonds. The molecule has 15 heavy (non-hydrogen) atoms. The first-order chi connectivity index (χ1) is 7.26. The van der Waals surface area contributed by atoms with Crippen LogP contribution in [0.1, 0.15) is 0 Å². The maximum atomic E-state index is 11.5. The molecule has 2 rings (SSSR count). The first kappa shape index (κ1) is 9.77. The number of hydrogen-bond acceptors (Lipinski definition) is 3. The van der Waals surface area contributed by atoms with Crippen molar-refractivity contribution in [2.45, 2.75) is 6.82 Å². The average Bonchev–Trinajstić information content (AvgIpc) is 2.29. The van der Waals surface area contributed by atoms with E-state index < -0.39 is 0 Å². The van der Waals surface area contributed by atoms with Gasteiger partial charge in [0.1, 0.15) is 5.75 Å². The van der Waals surface area contributed by atoms with E-state index in [1.807, 2.05) is 26.2 Å². The number of nitrogens with one attached hydrogen (secondary N) is 1.